The van der Waals surface area contributed by atoms with Gasteiger partial charge in [-0.05, 0) is 37.5 Å². The predicted octanol–water partition coefficient (Wildman–Crippen LogP) is 3.88. The van der Waals surface area contributed by atoms with Gasteiger partial charge < -0.3 is 15.8 Å². The SMILES string of the molecule is CCC(C)Oc1cc(C)ccc1CNC(=O)CC(N)c1ccccc1. The third-order valence-corrected chi connectivity index (χ3v) is 4.23. The molecule has 25 heavy (non-hydrogen) atoms. The number of ether oxygens (including phenoxy) is 1. The average molecular weight is 340 g/mol. The summed E-state index contributed by atoms with van der Waals surface area (Å²) >= 11 is 0. The summed E-state index contributed by atoms with van der Waals surface area (Å²) in [6.45, 7) is 6.60. The Bertz CT molecular complexity index is 686. The standard InChI is InChI=1S/C21H28N2O2/c1-4-16(3)25-20-12-15(2)10-11-18(20)14-23-21(24)13-19(22)17-8-6-5-7-9-17/h5-12,16,19H,4,13-14,22H2,1-3H3,(H,23,24). The number of aryl methyl sites for hydroxylation is 1. The largest absolute Gasteiger partial charge is 0.490 e. The minimum atomic E-state index is -0.296. The molecule has 0 spiro atoms. The van der Waals surface area contributed by atoms with E-state index in [0.717, 1.165) is 28.9 Å². The highest BCUT2D eigenvalue weighted by Gasteiger charge is 2.13. The molecule has 0 aliphatic heterocycles. The molecule has 0 heterocycles. The molecular weight excluding hydrogens is 312 g/mol. The second-order valence-corrected chi connectivity index (χ2v) is 6.45. The number of carbonyl (C=O) groups is 1. The maximum Gasteiger partial charge on any atom is 0.222 e. The summed E-state index contributed by atoms with van der Waals surface area (Å²) < 4.78 is 5.98. The van der Waals surface area contributed by atoms with E-state index >= 15 is 0 Å². The van der Waals surface area contributed by atoms with Crippen LogP contribution >= 0.6 is 0 Å². The number of nitrogens with two attached hydrogens (primary N) is 1. The van der Waals surface area contributed by atoms with Crippen molar-refractivity contribution in [3.63, 3.8) is 0 Å². The summed E-state index contributed by atoms with van der Waals surface area (Å²) in [4.78, 5) is 12.2. The first kappa shape index (κ1) is 19.0. The third-order valence-electron chi connectivity index (χ3n) is 4.23. The zero-order valence-electron chi connectivity index (χ0n) is 15.3. The van der Waals surface area contributed by atoms with Gasteiger partial charge in [0.05, 0.1) is 6.10 Å². The van der Waals surface area contributed by atoms with Gasteiger partial charge in [0.15, 0.2) is 0 Å². The summed E-state index contributed by atoms with van der Waals surface area (Å²) in [7, 11) is 0. The molecular formula is C21H28N2O2. The van der Waals surface area contributed by atoms with Crippen LogP contribution in [0.1, 0.15) is 49.4 Å². The minimum absolute atomic E-state index is 0.0635. The fraction of sp³-hybridized carbons (Fsp3) is 0.381. The fourth-order valence-corrected chi connectivity index (χ4v) is 2.50. The molecule has 3 N–H and O–H groups in total. The molecule has 2 aromatic rings. The molecule has 0 saturated carbocycles. The Hall–Kier alpha value is -2.33. The molecule has 0 saturated heterocycles. The Morgan fingerprint density at radius 1 is 1.20 bits per heavy atom. The van der Waals surface area contributed by atoms with Gasteiger partial charge in [-0.15, -0.1) is 0 Å². The van der Waals surface area contributed by atoms with Crippen LogP contribution in [0.3, 0.4) is 0 Å². The number of carbonyl (C=O) groups excluding carboxylic acids is 1. The Labute approximate surface area is 150 Å². The summed E-state index contributed by atoms with van der Waals surface area (Å²) in [6.07, 6.45) is 1.34. The topological polar surface area (TPSA) is 64.3 Å². The van der Waals surface area contributed by atoms with Gasteiger partial charge in [-0.1, -0.05) is 49.4 Å². The summed E-state index contributed by atoms with van der Waals surface area (Å²) in [6, 6.07) is 15.4. The van der Waals surface area contributed by atoms with Crippen LogP contribution in [0.4, 0.5) is 0 Å². The van der Waals surface area contributed by atoms with E-state index in [9.17, 15) is 4.79 Å². The maximum absolute atomic E-state index is 12.2. The number of rotatable bonds is 8. The normalized spacial score (nSPS) is 13.1. The Morgan fingerprint density at radius 2 is 1.92 bits per heavy atom. The van der Waals surface area contributed by atoms with Crippen molar-refractivity contribution in [1.29, 1.82) is 0 Å². The first-order valence-electron chi connectivity index (χ1n) is 8.83. The molecule has 0 aliphatic carbocycles. The average Bonchev–Trinajstić information content (AvgIpc) is 2.61. The van der Waals surface area contributed by atoms with Crippen LogP contribution in [0.5, 0.6) is 5.75 Å². The van der Waals surface area contributed by atoms with Crippen LogP contribution in [-0.2, 0) is 11.3 Å². The highest BCUT2D eigenvalue weighted by molar-refractivity contribution is 5.76. The van der Waals surface area contributed by atoms with Crippen LogP contribution in [0, 0.1) is 6.92 Å². The Balaban J connectivity index is 1.95. The van der Waals surface area contributed by atoms with Crippen molar-refractivity contribution < 1.29 is 9.53 Å². The lowest BCUT2D eigenvalue weighted by molar-refractivity contribution is -0.121. The molecule has 2 unspecified atom stereocenters. The second kappa shape index (κ2) is 9.23. The lowest BCUT2D eigenvalue weighted by Gasteiger charge is -2.18. The van der Waals surface area contributed by atoms with Gasteiger partial charge in [0.2, 0.25) is 5.91 Å². The zero-order valence-corrected chi connectivity index (χ0v) is 15.3. The quantitative estimate of drug-likeness (QED) is 0.766. The second-order valence-electron chi connectivity index (χ2n) is 6.45. The molecule has 2 rings (SSSR count). The highest BCUT2D eigenvalue weighted by Crippen LogP contribution is 2.22. The predicted molar refractivity (Wildman–Crippen MR) is 101 cm³/mol. The molecule has 0 radical (unpaired) electrons. The van der Waals surface area contributed by atoms with Crippen LogP contribution in [0.15, 0.2) is 48.5 Å². The number of nitrogens with one attached hydrogen (secondary N) is 1. The highest BCUT2D eigenvalue weighted by atomic mass is 16.5. The van der Waals surface area contributed by atoms with Gasteiger partial charge >= 0.3 is 0 Å². The van der Waals surface area contributed by atoms with Gasteiger partial charge in [-0.3, -0.25) is 4.79 Å². The third kappa shape index (κ3) is 5.91. The van der Waals surface area contributed by atoms with E-state index in [1.165, 1.54) is 0 Å². The lowest BCUT2D eigenvalue weighted by Crippen LogP contribution is -2.27. The van der Waals surface area contributed by atoms with Crippen LogP contribution in [0.25, 0.3) is 0 Å². The molecule has 134 valence electrons. The van der Waals surface area contributed by atoms with E-state index < -0.39 is 0 Å². The lowest BCUT2D eigenvalue weighted by atomic mass is 10.0. The van der Waals surface area contributed by atoms with Crippen LogP contribution < -0.4 is 15.8 Å². The zero-order chi connectivity index (χ0) is 18.2. The van der Waals surface area contributed by atoms with E-state index in [1.54, 1.807) is 0 Å². The van der Waals surface area contributed by atoms with E-state index in [0.29, 0.717) is 6.54 Å². The van der Waals surface area contributed by atoms with Crippen molar-refractivity contribution in [3.05, 3.63) is 65.2 Å². The van der Waals surface area contributed by atoms with E-state index in [1.807, 2.05) is 62.4 Å². The smallest absolute Gasteiger partial charge is 0.222 e. The molecule has 2 aromatic carbocycles. The molecule has 0 fully saturated rings. The first-order chi connectivity index (χ1) is 12.0. The molecule has 4 heteroatoms. The monoisotopic (exact) mass is 340 g/mol. The van der Waals surface area contributed by atoms with E-state index in [4.69, 9.17) is 10.5 Å². The fourth-order valence-electron chi connectivity index (χ4n) is 2.50. The van der Waals surface area contributed by atoms with Crippen molar-refractivity contribution in [3.8, 4) is 5.75 Å². The van der Waals surface area contributed by atoms with Gasteiger partial charge in [0.1, 0.15) is 5.75 Å². The number of benzene rings is 2. The number of hydrogen-bond acceptors (Lipinski definition) is 3. The van der Waals surface area contributed by atoms with Crippen LogP contribution in [0.2, 0.25) is 0 Å². The molecule has 0 aliphatic rings. The summed E-state index contributed by atoms with van der Waals surface area (Å²) in [5.41, 5.74) is 9.20. The molecule has 4 nitrogen and oxygen atoms in total. The van der Waals surface area contributed by atoms with E-state index in [2.05, 4.69) is 12.2 Å². The first-order valence-corrected chi connectivity index (χ1v) is 8.83. The molecule has 1 amide bonds. The summed E-state index contributed by atoms with van der Waals surface area (Å²) in [5, 5.41) is 2.95. The summed E-state index contributed by atoms with van der Waals surface area (Å²) in [5.74, 6) is 0.772. The molecule has 0 aromatic heterocycles. The Kier molecular flexibility index (Phi) is 7.02. The number of amides is 1. The van der Waals surface area contributed by atoms with Crippen molar-refractivity contribution in [2.24, 2.45) is 5.73 Å². The van der Waals surface area contributed by atoms with Gasteiger partial charge in [-0.25, -0.2) is 0 Å². The van der Waals surface area contributed by atoms with Crippen molar-refractivity contribution in [2.45, 2.75) is 52.3 Å². The van der Waals surface area contributed by atoms with Gasteiger partial charge in [-0.2, -0.15) is 0 Å². The maximum atomic E-state index is 12.2. The van der Waals surface area contributed by atoms with Crippen molar-refractivity contribution >= 4 is 5.91 Å². The van der Waals surface area contributed by atoms with Crippen molar-refractivity contribution in [1.82, 2.24) is 5.32 Å². The van der Waals surface area contributed by atoms with Gasteiger partial charge in [0, 0.05) is 24.6 Å². The molecule has 2 atom stereocenters. The van der Waals surface area contributed by atoms with Crippen molar-refractivity contribution in [2.75, 3.05) is 0 Å². The van der Waals surface area contributed by atoms with Crippen LogP contribution in [-0.4, -0.2) is 12.0 Å². The molecule has 0 bridgehead atoms. The van der Waals surface area contributed by atoms with Gasteiger partial charge in [0.25, 0.3) is 0 Å². The minimum Gasteiger partial charge on any atom is -0.490 e. The van der Waals surface area contributed by atoms with E-state index in [-0.39, 0.29) is 24.5 Å². The Morgan fingerprint density at radius 3 is 2.60 bits per heavy atom. The number of hydrogen-bond donors (Lipinski definition) is 2.